The summed E-state index contributed by atoms with van der Waals surface area (Å²) in [6, 6.07) is 15.7. The minimum absolute atomic E-state index is 0.0159. The highest BCUT2D eigenvalue weighted by Crippen LogP contribution is 2.35. The summed E-state index contributed by atoms with van der Waals surface area (Å²) in [7, 11) is 0. The standard InChI is InChI=1S/C36H42N4O7/c1-34(2,3)25-13-11-10-12-24(25)31(43)39-29-26(38)16-17-27(41)28(29)30(42)21-14-15-22(23(18-21)19-37)20-40(32(44)46-35(4,5)6)33(45)47-36(7,8)9/h10-18,41H,20,38H2,1-9H3,(H,39,43). The molecular weight excluding hydrogens is 600 g/mol. The van der Waals surface area contributed by atoms with Crippen LogP contribution in [0.2, 0.25) is 0 Å². The van der Waals surface area contributed by atoms with E-state index < -0.39 is 40.8 Å². The van der Waals surface area contributed by atoms with Crippen molar-refractivity contribution >= 4 is 35.3 Å². The quantitative estimate of drug-likeness (QED) is 0.142. The summed E-state index contributed by atoms with van der Waals surface area (Å²) >= 11 is 0. The van der Waals surface area contributed by atoms with Crippen molar-refractivity contribution in [1.82, 2.24) is 4.90 Å². The van der Waals surface area contributed by atoms with Crippen LogP contribution in [0.1, 0.15) is 105 Å². The lowest BCUT2D eigenvalue weighted by atomic mass is 9.83. The third kappa shape index (κ3) is 9.10. The number of ether oxygens (including phenoxy) is 2. The lowest BCUT2D eigenvalue weighted by Gasteiger charge is -2.28. The number of nitrogens with zero attached hydrogens (tertiary/aromatic N) is 2. The molecule has 0 unspecified atom stereocenters. The van der Waals surface area contributed by atoms with Crippen molar-refractivity contribution in [2.45, 2.75) is 85.5 Å². The summed E-state index contributed by atoms with van der Waals surface area (Å²) in [5.74, 6) is -1.69. The van der Waals surface area contributed by atoms with Crippen LogP contribution >= 0.6 is 0 Å². The van der Waals surface area contributed by atoms with Gasteiger partial charge in [0.2, 0.25) is 0 Å². The number of phenols is 1. The molecule has 0 radical (unpaired) electrons. The number of carbonyl (C=O) groups excluding carboxylic acids is 4. The summed E-state index contributed by atoms with van der Waals surface area (Å²) in [5, 5.41) is 23.5. The number of nitrogens with two attached hydrogens (primary N) is 1. The molecule has 0 aliphatic heterocycles. The molecule has 0 aliphatic rings. The van der Waals surface area contributed by atoms with Gasteiger partial charge in [-0.25, -0.2) is 14.5 Å². The average Bonchev–Trinajstić information content (AvgIpc) is 2.95. The van der Waals surface area contributed by atoms with Gasteiger partial charge in [0.25, 0.3) is 5.91 Å². The lowest BCUT2D eigenvalue weighted by Crippen LogP contribution is -2.43. The van der Waals surface area contributed by atoms with Crippen LogP contribution < -0.4 is 11.1 Å². The highest BCUT2D eigenvalue weighted by Gasteiger charge is 2.32. The molecule has 4 N–H and O–H groups in total. The number of nitrogens with one attached hydrogen (secondary N) is 1. The lowest BCUT2D eigenvalue weighted by molar-refractivity contribution is -0.000302. The second-order valence-corrected chi connectivity index (χ2v) is 14.0. The number of ketones is 1. The van der Waals surface area contributed by atoms with Gasteiger partial charge in [0, 0.05) is 11.1 Å². The molecule has 11 heteroatoms. The number of phenolic OH excluding ortho intramolecular Hbond substituents is 1. The molecular formula is C36H42N4O7. The van der Waals surface area contributed by atoms with Crippen molar-refractivity contribution in [3.63, 3.8) is 0 Å². The molecule has 0 atom stereocenters. The molecule has 47 heavy (non-hydrogen) atoms. The Morgan fingerprint density at radius 1 is 0.872 bits per heavy atom. The second-order valence-electron chi connectivity index (χ2n) is 14.0. The number of nitriles is 1. The smallest absolute Gasteiger partial charge is 0.420 e. The Bertz CT molecular complexity index is 1720. The van der Waals surface area contributed by atoms with Crippen molar-refractivity contribution in [3.8, 4) is 11.8 Å². The molecule has 0 aliphatic carbocycles. The van der Waals surface area contributed by atoms with Gasteiger partial charge in [-0.05, 0) is 82.3 Å². The Labute approximate surface area is 275 Å². The summed E-state index contributed by atoms with van der Waals surface area (Å²) in [5.41, 5.74) is 5.00. The van der Waals surface area contributed by atoms with E-state index in [0.717, 1.165) is 10.5 Å². The van der Waals surface area contributed by atoms with Gasteiger partial charge in [0.1, 0.15) is 17.0 Å². The van der Waals surface area contributed by atoms with Gasteiger partial charge in [-0.1, -0.05) is 51.1 Å². The van der Waals surface area contributed by atoms with Gasteiger partial charge in [-0.3, -0.25) is 9.59 Å². The van der Waals surface area contributed by atoms with Gasteiger partial charge < -0.3 is 25.6 Å². The summed E-state index contributed by atoms with van der Waals surface area (Å²) in [6.45, 7) is 15.4. The van der Waals surface area contributed by atoms with Crippen molar-refractivity contribution in [2.75, 3.05) is 11.1 Å². The first-order valence-corrected chi connectivity index (χ1v) is 15.0. The molecule has 3 amide bonds. The van der Waals surface area contributed by atoms with E-state index in [2.05, 4.69) is 5.32 Å². The average molecular weight is 643 g/mol. The minimum atomic E-state index is -0.978. The fourth-order valence-electron chi connectivity index (χ4n) is 4.60. The van der Waals surface area contributed by atoms with E-state index in [4.69, 9.17) is 15.2 Å². The fourth-order valence-corrected chi connectivity index (χ4v) is 4.60. The van der Waals surface area contributed by atoms with E-state index in [0.29, 0.717) is 5.56 Å². The first-order valence-electron chi connectivity index (χ1n) is 15.0. The van der Waals surface area contributed by atoms with Crippen LogP contribution in [0, 0.1) is 11.3 Å². The Kier molecular flexibility index (Phi) is 10.4. The van der Waals surface area contributed by atoms with Crippen LogP contribution in [-0.4, -0.2) is 45.1 Å². The Balaban J connectivity index is 2.03. The Morgan fingerprint density at radius 2 is 1.45 bits per heavy atom. The zero-order valence-electron chi connectivity index (χ0n) is 28.3. The number of nitrogen functional groups attached to an aromatic ring is 1. The topological polar surface area (TPSA) is 172 Å². The van der Waals surface area contributed by atoms with Crippen LogP contribution in [0.3, 0.4) is 0 Å². The zero-order chi connectivity index (χ0) is 35.5. The SMILES string of the molecule is CC(C)(C)OC(=O)N(Cc1ccc(C(=O)c2c(O)ccc(N)c2NC(=O)c2ccccc2C(C)(C)C)cc1C#N)C(=O)OC(C)(C)C. The summed E-state index contributed by atoms with van der Waals surface area (Å²) < 4.78 is 10.8. The molecule has 0 heterocycles. The first-order chi connectivity index (χ1) is 21.6. The second kappa shape index (κ2) is 13.5. The van der Waals surface area contributed by atoms with Gasteiger partial charge >= 0.3 is 12.2 Å². The van der Waals surface area contributed by atoms with Crippen LogP contribution in [-0.2, 0) is 21.4 Å². The molecule has 11 nitrogen and oxygen atoms in total. The number of hydrogen-bond donors (Lipinski definition) is 3. The molecule has 0 fully saturated rings. The maximum absolute atomic E-state index is 13.9. The maximum Gasteiger partial charge on any atom is 0.420 e. The number of hydrogen-bond acceptors (Lipinski definition) is 9. The van der Waals surface area contributed by atoms with Gasteiger partial charge in [-0.15, -0.1) is 0 Å². The van der Waals surface area contributed by atoms with Crippen molar-refractivity contribution in [1.29, 1.82) is 5.26 Å². The summed E-state index contributed by atoms with van der Waals surface area (Å²) in [4.78, 5) is 54.2. The third-order valence-corrected chi connectivity index (χ3v) is 6.71. The fraction of sp³-hybridized carbons (Fsp3) is 0.361. The van der Waals surface area contributed by atoms with E-state index in [-0.39, 0.29) is 45.6 Å². The van der Waals surface area contributed by atoms with E-state index in [1.807, 2.05) is 39.0 Å². The number of benzene rings is 3. The molecule has 3 aromatic rings. The van der Waals surface area contributed by atoms with E-state index in [1.54, 1.807) is 53.7 Å². The highest BCUT2D eigenvalue weighted by atomic mass is 16.6. The first kappa shape index (κ1) is 36.1. The predicted octanol–water partition coefficient (Wildman–Crippen LogP) is 7.30. The highest BCUT2D eigenvalue weighted by molar-refractivity contribution is 6.19. The van der Waals surface area contributed by atoms with Crippen molar-refractivity contribution in [3.05, 3.63) is 88.0 Å². The number of aromatic hydroxyl groups is 1. The van der Waals surface area contributed by atoms with Crippen LogP contribution in [0.5, 0.6) is 5.75 Å². The molecule has 0 saturated carbocycles. The number of anilines is 2. The number of rotatable bonds is 6. The molecule has 3 rings (SSSR count). The molecule has 0 aromatic heterocycles. The summed E-state index contributed by atoms with van der Waals surface area (Å²) in [6.07, 6.45) is -1.96. The van der Waals surface area contributed by atoms with Crippen LogP contribution in [0.15, 0.2) is 54.6 Å². The molecule has 0 bridgehead atoms. The Hall–Kier alpha value is -5.37. The third-order valence-electron chi connectivity index (χ3n) is 6.71. The molecule has 248 valence electrons. The van der Waals surface area contributed by atoms with Crippen molar-refractivity contribution < 1.29 is 33.8 Å². The largest absolute Gasteiger partial charge is 0.507 e. The monoisotopic (exact) mass is 642 g/mol. The predicted molar refractivity (Wildman–Crippen MR) is 178 cm³/mol. The van der Waals surface area contributed by atoms with Crippen LogP contribution in [0.25, 0.3) is 0 Å². The zero-order valence-corrected chi connectivity index (χ0v) is 28.3. The molecule has 0 spiro atoms. The van der Waals surface area contributed by atoms with Crippen molar-refractivity contribution in [2.24, 2.45) is 0 Å². The minimum Gasteiger partial charge on any atom is -0.507 e. The van der Waals surface area contributed by atoms with E-state index in [1.165, 1.54) is 30.3 Å². The van der Waals surface area contributed by atoms with Gasteiger partial charge in [0.15, 0.2) is 5.78 Å². The normalized spacial score (nSPS) is 11.7. The maximum atomic E-state index is 13.9. The molecule has 3 aromatic carbocycles. The number of carbonyl (C=O) groups is 4. The van der Waals surface area contributed by atoms with Gasteiger partial charge in [0.05, 0.1) is 35.1 Å². The molecule has 0 saturated heterocycles. The number of amides is 3. The van der Waals surface area contributed by atoms with E-state index in [9.17, 15) is 29.5 Å². The Morgan fingerprint density at radius 3 is 1.98 bits per heavy atom. The van der Waals surface area contributed by atoms with Gasteiger partial charge in [-0.2, -0.15) is 5.26 Å². The van der Waals surface area contributed by atoms with Crippen LogP contribution in [0.4, 0.5) is 21.0 Å². The van der Waals surface area contributed by atoms with E-state index >= 15 is 0 Å². The number of imide groups is 1.